The largest absolute Gasteiger partial charge is 0.494 e. The van der Waals surface area contributed by atoms with E-state index in [-0.39, 0.29) is 24.3 Å². The van der Waals surface area contributed by atoms with Crippen molar-refractivity contribution in [3.05, 3.63) is 89.2 Å². The van der Waals surface area contributed by atoms with E-state index in [0.717, 1.165) is 39.0 Å². The Hall–Kier alpha value is -3.27. The number of ether oxygens (including phenoxy) is 1. The van der Waals surface area contributed by atoms with Crippen LogP contribution in [0, 0.1) is 5.82 Å². The molecule has 1 fully saturated rings. The van der Waals surface area contributed by atoms with Gasteiger partial charge in [-0.25, -0.2) is 17.7 Å². The van der Waals surface area contributed by atoms with Crippen LogP contribution in [0.3, 0.4) is 0 Å². The van der Waals surface area contributed by atoms with Gasteiger partial charge in [0.1, 0.15) is 17.6 Å². The summed E-state index contributed by atoms with van der Waals surface area (Å²) in [6.07, 6.45) is -0.0655. The summed E-state index contributed by atoms with van der Waals surface area (Å²) in [5.41, 5.74) is 1.09. The molecule has 0 aliphatic carbocycles. The Labute approximate surface area is 214 Å². The molecule has 4 rings (SSSR count). The fourth-order valence-corrected chi connectivity index (χ4v) is 5.88. The monoisotopic (exact) mass is 530 g/mol. The van der Waals surface area contributed by atoms with Gasteiger partial charge >= 0.3 is 0 Å². The zero-order valence-electron chi connectivity index (χ0n) is 19.4. The van der Waals surface area contributed by atoms with E-state index in [2.05, 4.69) is 0 Å². The van der Waals surface area contributed by atoms with Gasteiger partial charge in [-0.3, -0.25) is 9.59 Å². The normalized spacial score (nSPS) is 16.1. The van der Waals surface area contributed by atoms with Crippen LogP contribution in [0.1, 0.15) is 18.9 Å². The van der Waals surface area contributed by atoms with Gasteiger partial charge in [0.05, 0.1) is 23.6 Å². The maximum Gasteiger partial charge on any atom is 0.252 e. The third-order valence-corrected chi connectivity index (χ3v) is 7.96. The lowest BCUT2D eigenvalue weighted by atomic mass is 10.1. The number of rotatable bonds is 9. The summed E-state index contributed by atoms with van der Waals surface area (Å²) in [7, 11) is -4.24. The SMILES string of the molecule is CCOc1ccc(N2C(=O)CC(N(CCc3cccc(Cl)c3)S(=O)(=O)c3ccc(F)cc3)C2=O)cc1. The summed E-state index contributed by atoms with van der Waals surface area (Å²) in [6.45, 7) is 2.22. The van der Waals surface area contributed by atoms with Crippen LogP contribution in [0.25, 0.3) is 0 Å². The van der Waals surface area contributed by atoms with Gasteiger partial charge in [0.15, 0.2) is 0 Å². The summed E-state index contributed by atoms with van der Waals surface area (Å²) in [5, 5.41) is 0.495. The van der Waals surface area contributed by atoms with E-state index in [4.69, 9.17) is 16.3 Å². The van der Waals surface area contributed by atoms with E-state index in [0.29, 0.717) is 23.1 Å². The highest BCUT2D eigenvalue weighted by molar-refractivity contribution is 7.89. The first-order chi connectivity index (χ1) is 17.2. The number of carbonyl (C=O) groups excluding carboxylic acids is 2. The van der Waals surface area contributed by atoms with Crippen molar-refractivity contribution in [2.24, 2.45) is 0 Å². The minimum Gasteiger partial charge on any atom is -0.494 e. The number of benzene rings is 3. The molecule has 0 saturated carbocycles. The van der Waals surface area contributed by atoms with Gasteiger partial charge in [-0.2, -0.15) is 4.31 Å². The summed E-state index contributed by atoms with van der Waals surface area (Å²) < 4.78 is 47.1. The molecule has 1 unspecified atom stereocenters. The molecule has 10 heteroatoms. The number of hydrogen-bond acceptors (Lipinski definition) is 5. The minimum atomic E-state index is -4.24. The average Bonchev–Trinajstić information content (AvgIpc) is 3.13. The first-order valence-corrected chi connectivity index (χ1v) is 13.1. The van der Waals surface area contributed by atoms with Crippen molar-refractivity contribution in [1.29, 1.82) is 0 Å². The molecule has 1 saturated heterocycles. The Kier molecular flexibility index (Phi) is 7.73. The second-order valence-electron chi connectivity index (χ2n) is 8.16. The van der Waals surface area contributed by atoms with Crippen LogP contribution in [-0.2, 0) is 26.0 Å². The minimum absolute atomic E-state index is 0.0825. The average molecular weight is 531 g/mol. The Bertz CT molecular complexity index is 1360. The lowest BCUT2D eigenvalue weighted by Gasteiger charge is -2.27. The predicted molar refractivity (Wildman–Crippen MR) is 134 cm³/mol. The maximum atomic E-state index is 13.6. The third-order valence-electron chi connectivity index (χ3n) is 5.81. The molecule has 0 radical (unpaired) electrons. The molecule has 3 aromatic rings. The second kappa shape index (κ2) is 10.8. The molecule has 1 aliphatic rings. The van der Waals surface area contributed by atoms with Crippen LogP contribution in [0.2, 0.25) is 5.02 Å². The van der Waals surface area contributed by atoms with Crippen molar-refractivity contribution in [1.82, 2.24) is 4.31 Å². The van der Waals surface area contributed by atoms with Crippen molar-refractivity contribution >= 4 is 39.1 Å². The molecule has 0 spiro atoms. The lowest BCUT2D eigenvalue weighted by Crippen LogP contribution is -2.46. The molecule has 3 aromatic carbocycles. The molecule has 0 aromatic heterocycles. The summed E-state index contributed by atoms with van der Waals surface area (Å²) >= 11 is 6.07. The van der Waals surface area contributed by atoms with Gasteiger partial charge in [-0.15, -0.1) is 0 Å². The number of anilines is 1. The Morgan fingerprint density at radius 2 is 1.75 bits per heavy atom. The lowest BCUT2D eigenvalue weighted by molar-refractivity contribution is -0.122. The van der Waals surface area contributed by atoms with Gasteiger partial charge in [0, 0.05) is 11.6 Å². The topological polar surface area (TPSA) is 84.0 Å². The molecular weight excluding hydrogens is 507 g/mol. The predicted octanol–water partition coefficient (Wildman–Crippen LogP) is 4.44. The zero-order valence-corrected chi connectivity index (χ0v) is 21.0. The number of carbonyl (C=O) groups is 2. The van der Waals surface area contributed by atoms with Crippen molar-refractivity contribution in [3.63, 3.8) is 0 Å². The van der Waals surface area contributed by atoms with E-state index in [1.54, 1.807) is 48.5 Å². The van der Waals surface area contributed by atoms with E-state index >= 15 is 0 Å². The van der Waals surface area contributed by atoms with Crippen molar-refractivity contribution < 1.29 is 27.1 Å². The number of hydrogen-bond donors (Lipinski definition) is 0. The number of halogens is 2. The van der Waals surface area contributed by atoms with Crippen molar-refractivity contribution in [3.8, 4) is 5.75 Å². The maximum absolute atomic E-state index is 13.6. The third kappa shape index (κ3) is 5.43. The molecule has 2 amide bonds. The molecule has 1 aliphatic heterocycles. The van der Waals surface area contributed by atoms with E-state index in [9.17, 15) is 22.4 Å². The van der Waals surface area contributed by atoms with Gasteiger partial charge in [-0.1, -0.05) is 23.7 Å². The number of imide groups is 1. The highest BCUT2D eigenvalue weighted by Crippen LogP contribution is 2.30. The molecule has 36 heavy (non-hydrogen) atoms. The van der Waals surface area contributed by atoms with Crippen LogP contribution in [0.4, 0.5) is 10.1 Å². The molecule has 1 atom stereocenters. The quantitative estimate of drug-likeness (QED) is 0.382. The number of amides is 2. The van der Waals surface area contributed by atoms with Crippen molar-refractivity contribution in [2.75, 3.05) is 18.1 Å². The van der Waals surface area contributed by atoms with Crippen LogP contribution < -0.4 is 9.64 Å². The standard InChI is InChI=1S/C26H24ClFN2O5S/c1-2-35-22-10-8-21(9-11-22)30-25(31)17-24(26(30)32)29(15-14-18-4-3-5-19(27)16-18)36(33,34)23-12-6-20(28)7-13-23/h3-13,16,24H,2,14-15,17H2,1H3. The van der Waals surface area contributed by atoms with Gasteiger partial charge in [0.2, 0.25) is 15.9 Å². The van der Waals surface area contributed by atoms with Crippen LogP contribution in [-0.4, -0.2) is 43.7 Å². The van der Waals surface area contributed by atoms with Crippen LogP contribution in [0.15, 0.2) is 77.7 Å². The van der Waals surface area contributed by atoms with Crippen LogP contribution >= 0.6 is 11.6 Å². The highest BCUT2D eigenvalue weighted by Gasteiger charge is 2.46. The second-order valence-corrected chi connectivity index (χ2v) is 10.5. The summed E-state index contributed by atoms with van der Waals surface area (Å²) in [5.74, 6) is -1.18. The number of nitrogens with zero attached hydrogens (tertiary/aromatic N) is 2. The first kappa shape index (κ1) is 25.8. The van der Waals surface area contributed by atoms with Gasteiger partial charge < -0.3 is 4.74 Å². The Morgan fingerprint density at radius 3 is 2.39 bits per heavy atom. The van der Waals surface area contributed by atoms with E-state index in [1.165, 1.54) is 0 Å². The Morgan fingerprint density at radius 1 is 1.06 bits per heavy atom. The smallest absolute Gasteiger partial charge is 0.252 e. The summed E-state index contributed by atoms with van der Waals surface area (Å²) in [4.78, 5) is 27.2. The molecule has 0 N–H and O–H groups in total. The zero-order chi connectivity index (χ0) is 25.9. The first-order valence-electron chi connectivity index (χ1n) is 11.3. The van der Waals surface area contributed by atoms with Gasteiger partial charge in [-0.05, 0) is 79.6 Å². The highest BCUT2D eigenvalue weighted by atomic mass is 35.5. The van der Waals surface area contributed by atoms with Crippen LogP contribution in [0.5, 0.6) is 5.75 Å². The van der Waals surface area contributed by atoms with Crippen molar-refractivity contribution in [2.45, 2.75) is 30.7 Å². The fourth-order valence-electron chi connectivity index (χ4n) is 4.09. The summed E-state index contributed by atoms with van der Waals surface area (Å²) in [6, 6.07) is 16.5. The Balaban J connectivity index is 1.67. The number of sulfonamides is 1. The molecule has 0 bridgehead atoms. The van der Waals surface area contributed by atoms with Gasteiger partial charge in [0.25, 0.3) is 5.91 Å². The molecule has 188 valence electrons. The van der Waals surface area contributed by atoms with E-state index < -0.39 is 33.7 Å². The molecule has 1 heterocycles. The molecule has 7 nitrogen and oxygen atoms in total. The van der Waals surface area contributed by atoms with E-state index in [1.807, 2.05) is 6.92 Å². The fraction of sp³-hybridized carbons (Fsp3) is 0.231. The molecular formula is C26H24ClFN2O5S.